The van der Waals surface area contributed by atoms with Crippen LogP contribution in [-0.2, 0) is 0 Å². The van der Waals surface area contributed by atoms with Crippen molar-refractivity contribution in [3.05, 3.63) is 48.0 Å². The van der Waals surface area contributed by atoms with E-state index in [1.165, 1.54) is 31.4 Å². The van der Waals surface area contributed by atoms with Gasteiger partial charge in [-0.1, -0.05) is 19.1 Å². The number of benzene rings is 2. The molecular weight excluding hydrogens is 292 g/mol. The van der Waals surface area contributed by atoms with Gasteiger partial charge in [0.25, 0.3) is 0 Å². The number of ether oxygens (including phenoxy) is 1. The molecule has 0 aliphatic carbocycles. The first kappa shape index (κ1) is 17.5. The van der Waals surface area contributed by atoms with E-state index in [0.29, 0.717) is 10.6 Å². The summed E-state index contributed by atoms with van der Waals surface area (Å²) in [5.41, 5.74) is 5.32. The standard InChI is InChI=1S/C13H10F2OS.C3H9N/c1-16-12-4-2-3-10(14)13(12)9-6-5-8(17)7-11(9)15;1-2-3-4/h2-7,17H,1H3;2-4H2,1H3. The number of hydrogen-bond donors (Lipinski definition) is 2. The summed E-state index contributed by atoms with van der Waals surface area (Å²) in [6.07, 6.45) is 1.10. The largest absolute Gasteiger partial charge is 0.496 e. The van der Waals surface area contributed by atoms with Gasteiger partial charge in [0.05, 0.1) is 12.7 Å². The van der Waals surface area contributed by atoms with Crippen LogP contribution in [0.5, 0.6) is 5.75 Å². The van der Waals surface area contributed by atoms with Crippen LogP contribution in [0.2, 0.25) is 0 Å². The molecule has 0 saturated heterocycles. The number of methoxy groups -OCH3 is 1. The predicted octanol–water partition coefficient (Wildman–Crippen LogP) is 4.28. The van der Waals surface area contributed by atoms with E-state index in [0.717, 1.165) is 13.0 Å². The van der Waals surface area contributed by atoms with Gasteiger partial charge in [-0.05, 0) is 37.2 Å². The van der Waals surface area contributed by atoms with Crippen molar-refractivity contribution in [2.45, 2.75) is 18.2 Å². The Kier molecular flexibility index (Phi) is 7.19. The maximum atomic E-state index is 13.8. The van der Waals surface area contributed by atoms with Gasteiger partial charge >= 0.3 is 0 Å². The second-order valence-electron chi connectivity index (χ2n) is 4.27. The molecule has 0 amide bonds. The maximum absolute atomic E-state index is 13.8. The van der Waals surface area contributed by atoms with E-state index in [1.807, 2.05) is 0 Å². The second-order valence-corrected chi connectivity index (χ2v) is 4.79. The molecule has 0 aromatic heterocycles. The third kappa shape index (κ3) is 4.72. The van der Waals surface area contributed by atoms with Gasteiger partial charge in [0.2, 0.25) is 0 Å². The SMILES string of the molecule is CCCN.COc1cccc(F)c1-c1ccc(S)cc1F. The molecule has 2 aromatic rings. The number of halogens is 2. The van der Waals surface area contributed by atoms with Crippen molar-refractivity contribution < 1.29 is 13.5 Å². The molecule has 2 nitrogen and oxygen atoms in total. The summed E-state index contributed by atoms with van der Waals surface area (Å²) >= 11 is 4.02. The lowest BCUT2D eigenvalue weighted by Gasteiger charge is -2.10. The monoisotopic (exact) mass is 311 g/mol. The number of rotatable bonds is 3. The summed E-state index contributed by atoms with van der Waals surface area (Å²) in [7, 11) is 1.42. The van der Waals surface area contributed by atoms with Crippen molar-refractivity contribution in [3.63, 3.8) is 0 Å². The molecule has 0 atom stereocenters. The normalized spacial score (nSPS) is 9.81. The summed E-state index contributed by atoms with van der Waals surface area (Å²) in [5.74, 6) is -0.744. The fourth-order valence-corrected chi connectivity index (χ4v) is 1.83. The molecule has 0 unspecified atom stereocenters. The summed E-state index contributed by atoms with van der Waals surface area (Å²) in [6.45, 7) is 2.88. The Morgan fingerprint density at radius 3 is 2.33 bits per heavy atom. The average molecular weight is 311 g/mol. The third-order valence-corrected chi connectivity index (χ3v) is 2.98. The summed E-state index contributed by atoms with van der Waals surface area (Å²) in [5, 5.41) is 0. The van der Waals surface area contributed by atoms with E-state index >= 15 is 0 Å². The average Bonchev–Trinajstić information content (AvgIpc) is 2.48. The Bertz CT molecular complexity index is 588. The molecule has 114 valence electrons. The number of hydrogen-bond acceptors (Lipinski definition) is 3. The highest BCUT2D eigenvalue weighted by molar-refractivity contribution is 7.80. The highest BCUT2D eigenvalue weighted by Gasteiger charge is 2.15. The Hall–Kier alpha value is -1.59. The minimum absolute atomic E-state index is 0.126. The Morgan fingerprint density at radius 1 is 1.14 bits per heavy atom. The molecule has 0 spiro atoms. The molecule has 2 rings (SSSR count). The van der Waals surface area contributed by atoms with Crippen LogP contribution in [0.1, 0.15) is 13.3 Å². The van der Waals surface area contributed by atoms with Crippen LogP contribution < -0.4 is 10.5 Å². The summed E-state index contributed by atoms with van der Waals surface area (Å²) < 4.78 is 32.5. The van der Waals surface area contributed by atoms with Crippen LogP contribution in [0.4, 0.5) is 8.78 Å². The highest BCUT2D eigenvalue weighted by Crippen LogP contribution is 2.34. The van der Waals surface area contributed by atoms with Crippen LogP contribution >= 0.6 is 12.6 Å². The Morgan fingerprint density at radius 2 is 1.81 bits per heavy atom. The van der Waals surface area contributed by atoms with E-state index in [4.69, 9.17) is 10.5 Å². The fourth-order valence-electron chi connectivity index (χ4n) is 1.64. The van der Waals surface area contributed by atoms with Crippen LogP contribution in [-0.4, -0.2) is 13.7 Å². The van der Waals surface area contributed by atoms with Gasteiger partial charge in [-0.3, -0.25) is 0 Å². The van der Waals surface area contributed by atoms with Gasteiger partial charge in [-0.2, -0.15) is 0 Å². The molecule has 0 bridgehead atoms. The fraction of sp³-hybridized carbons (Fsp3) is 0.250. The van der Waals surface area contributed by atoms with Crippen molar-refractivity contribution in [2.24, 2.45) is 5.73 Å². The minimum atomic E-state index is -0.527. The number of thiol groups is 1. The maximum Gasteiger partial charge on any atom is 0.134 e. The van der Waals surface area contributed by atoms with Crippen LogP contribution in [0.3, 0.4) is 0 Å². The highest BCUT2D eigenvalue weighted by atomic mass is 32.1. The van der Waals surface area contributed by atoms with Crippen molar-refractivity contribution >= 4 is 12.6 Å². The van der Waals surface area contributed by atoms with Crippen molar-refractivity contribution in [2.75, 3.05) is 13.7 Å². The third-order valence-electron chi connectivity index (χ3n) is 2.71. The predicted molar refractivity (Wildman–Crippen MR) is 84.9 cm³/mol. The minimum Gasteiger partial charge on any atom is -0.496 e. The first-order valence-corrected chi connectivity index (χ1v) is 7.01. The van der Waals surface area contributed by atoms with E-state index in [-0.39, 0.29) is 11.1 Å². The topological polar surface area (TPSA) is 35.2 Å². The van der Waals surface area contributed by atoms with Gasteiger partial charge in [0.1, 0.15) is 17.4 Å². The summed E-state index contributed by atoms with van der Waals surface area (Å²) in [6, 6.07) is 8.71. The number of nitrogens with two attached hydrogens (primary N) is 1. The van der Waals surface area contributed by atoms with E-state index in [9.17, 15) is 8.78 Å². The molecule has 21 heavy (non-hydrogen) atoms. The molecule has 2 N–H and O–H groups in total. The lowest BCUT2D eigenvalue weighted by Crippen LogP contribution is -1.94. The zero-order chi connectivity index (χ0) is 15.8. The van der Waals surface area contributed by atoms with Gasteiger partial charge in [0, 0.05) is 10.5 Å². The van der Waals surface area contributed by atoms with E-state index in [2.05, 4.69) is 19.6 Å². The molecular formula is C16H19F2NOS. The molecule has 0 aliphatic heterocycles. The van der Waals surface area contributed by atoms with Crippen molar-refractivity contribution in [3.8, 4) is 16.9 Å². The van der Waals surface area contributed by atoms with Gasteiger partial charge in [-0.15, -0.1) is 12.6 Å². The van der Waals surface area contributed by atoms with Crippen LogP contribution in [0.15, 0.2) is 41.3 Å². The quantitative estimate of drug-likeness (QED) is 0.830. The van der Waals surface area contributed by atoms with Crippen molar-refractivity contribution in [1.82, 2.24) is 0 Å². The molecule has 2 aromatic carbocycles. The molecule has 0 heterocycles. The first-order valence-electron chi connectivity index (χ1n) is 6.56. The second kappa shape index (κ2) is 8.64. The summed E-state index contributed by atoms with van der Waals surface area (Å²) in [4.78, 5) is 0.488. The van der Waals surface area contributed by atoms with Gasteiger partial charge in [0.15, 0.2) is 0 Å². The molecule has 0 aliphatic rings. The smallest absolute Gasteiger partial charge is 0.134 e. The Labute approximate surface area is 129 Å². The van der Waals surface area contributed by atoms with Crippen LogP contribution in [0, 0.1) is 11.6 Å². The first-order chi connectivity index (χ1) is 10.0. The molecule has 0 saturated carbocycles. The van der Waals surface area contributed by atoms with Gasteiger partial charge in [-0.25, -0.2) is 8.78 Å². The molecule has 0 radical (unpaired) electrons. The zero-order valence-electron chi connectivity index (χ0n) is 12.1. The lowest BCUT2D eigenvalue weighted by molar-refractivity contribution is 0.413. The Balaban J connectivity index is 0.000000491. The van der Waals surface area contributed by atoms with Crippen molar-refractivity contribution in [1.29, 1.82) is 0 Å². The van der Waals surface area contributed by atoms with Crippen LogP contribution in [0.25, 0.3) is 11.1 Å². The molecule has 0 fully saturated rings. The van der Waals surface area contributed by atoms with Gasteiger partial charge < -0.3 is 10.5 Å². The van der Waals surface area contributed by atoms with E-state index < -0.39 is 11.6 Å². The molecule has 5 heteroatoms. The zero-order valence-corrected chi connectivity index (χ0v) is 13.0. The lowest BCUT2D eigenvalue weighted by atomic mass is 10.0. The van der Waals surface area contributed by atoms with E-state index in [1.54, 1.807) is 12.1 Å².